The van der Waals surface area contributed by atoms with Gasteiger partial charge >= 0.3 is 0 Å². The zero-order valence-electron chi connectivity index (χ0n) is 13.1. The third-order valence-electron chi connectivity index (χ3n) is 3.48. The second-order valence-electron chi connectivity index (χ2n) is 5.21. The Labute approximate surface area is 137 Å². The first-order chi connectivity index (χ1) is 10.8. The van der Waals surface area contributed by atoms with Crippen LogP contribution in [0.1, 0.15) is 12.5 Å². The summed E-state index contributed by atoms with van der Waals surface area (Å²) in [5.41, 5.74) is 1.11. The van der Waals surface area contributed by atoms with Gasteiger partial charge in [-0.15, -0.1) is 0 Å². The highest BCUT2D eigenvalue weighted by Gasteiger charge is 2.09. The molecule has 0 radical (unpaired) electrons. The Bertz CT molecular complexity index is 475. The van der Waals surface area contributed by atoms with Gasteiger partial charge in [-0.1, -0.05) is 23.7 Å². The molecule has 0 atom stereocenters. The molecular formula is C16H25ClN4O. The molecule has 0 aliphatic carbocycles. The molecule has 1 aliphatic rings. The van der Waals surface area contributed by atoms with Crippen LogP contribution in [-0.4, -0.2) is 56.8 Å². The molecule has 22 heavy (non-hydrogen) atoms. The van der Waals surface area contributed by atoms with Crippen molar-refractivity contribution in [2.24, 2.45) is 4.99 Å². The molecule has 5 nitrogen and oxygen atoms in total. The summed E-state index contributed by atoms with van der Waals surface area (Å²) in [5, 5.41) is 7.39. The van der Waals surface area contributed by atoms with Crippen molar-refractivity contribution in [3.63, 3.8) is 0 Å². The summed E-state index contributed by atoms with van der Waals surface area (Å²) in [6.45, 7) is 9.11. The predicted molar refractivity (Wildman–Crippen MR) is 91.5 cm³/mol. The van der Waals surface area contributed by atoms with Gasteiger partial charge in [-0.2, -0.15) is 0 Å². The molecular weight excluding hydrogens is 300 g/mol. The minimum atomic E-state index is 0.618. The van der Waals surface area contributed by atoms with Gasteiger partial charge in [0.1, 0.15) is 0 Å². The Kier molecular flexibility index (Phi) is 7.49. The lowest BCUT2D eigenvalue weighted by Gasteiger charge is -2.26. The standard InChI is InChI=1S/C16H25ClN4O/c1-2-18-16(19-6-7-21-8-10-22-11-9-21)20-13-14-4-3-5-15(17)12-14/h3-5,12H,2,6-11,13H2,1H3,(H2,18,19,20). The van der Waals surface area contributed by atoms with E-state index in [-0.39, 0.29) is 0 Å². The first kappa shape index (κ1) is 17.1. The minimum absolute atomic E-state index is 0.618. The maximum absolute atomic E-state index is 6.00. The van der Waals surface area contributed by atoms with E-state index < -0.39 is 0 Å². The van der Waals surface area contributed by atoms with Gasteiger partial charge in [0.15, 0.2) is 5.96 Å². The van der Waals surface area contributed by atoms with Gasteiger partial charge < -0.3 is 15.4 Å². The second-order valence-corrected chi connectivity index (χ2v) is 5.64. The van der Waals surface area contributed by atoms with E-state index >= 15 is 0 Å². The van der Waals surface area contributed by atoms with E-state index in [1.54, 1.807) is 0 Å². The van der Waals surface area contributed by atoms with E-state index in [0.29, 0.717) is 6.54 Å². The van der Waals surface area contributed by atoms with E-state index in [0.717, 1.165) is 62.5 Å². The van der Waals surface area contributed by atoms with Crippen molar-refractivity contribution in [1.82, 2.24) is 15.5 Å². The molecule has 122 valence electrons. The van der Waals surface area contributed by atoms with Crippen LogP contribution in [0.3, 0.4) is 0 Å². The van der Waals surface area contributed by atoms with Crippen molar-refractivity contribution in [2.45, 2.75) is 13.5 Å². The first-order valence-corrected chi connectivity index (χ1v) is 8.22. The molecule has 0 spiro atoms. The summed E-state index contributed by atoms with van der Waals surface area (Å²) in [6.07, 6.45) is 0. The van der Waals surface area contributed by atoms with Crippen LogP contribution in [0.4, 0.5) is 0 Å². The van der Waals surface area contributed by atoms with Gasteiger partial charge in [-0.05, 0) is 24.6 Å². The van der Waals surface area contributed by atoms with Crippen molar-refractivity contribution in [1.29, 1.82) is 0 Å². The first-order valence-electron chi connectivity index (χ1n) is 7.84. The average molecular weight is 325 g/mol. The van der Waals surface area contributed by atoms with E-state index in [2.05, 4.69) is 27.4 Å². The van der Waals surface area contributed by atoms with Gasteiger partial charge in [0, 0.05) is 37.7 Å². The fourth-order valence-corrected chi connectivity index (χ4v) is 2.52. The number of rotatable bonds is 6. The lowest BCUT2D eigenvalue weighted by atomic mass is 10.2. The number of hydrogen-bond donors (Lipinski definition) is 2. The monoisotopic (exact) mass is 324 g/mol. The molecule has 2 rings (SSSR count). The maximum atomic E-state index is 6.00. The molecule has 1 heterocycles. The van der Waals surface area contributed by atoms with E-state index in [9.17, 15) is 0 Å². The minimum Gasteiger partial charge on any atom is -0.379 e. The highest BCUT2D eigenvalue weighted by atomic mass is 35.5. The molecule has 0 unspecified atom stereocenters. The Hall–Kier alpha value is -1.30. The summed E-state index contributed by atoms with van der Waals surface area (Å²) in [4.78, 5) is 7.00. The zero-order chi connectivity index (χ0) is 15.6. The van der Waals surface area contributed by atoms with Crippen LogP contribution < -0.4 is 10.6 Å². The van der Waals surface area contributed by atoms with E-state index in [1.807, 2.05) is 24.3 Å². The van der Waals surface area contributed by atoms with E-state index in [1.165, 1.54) is 0 Å². The Balaban J connectivity index is 1.79. The molecule has 6 heteroatoms. The number of aliphatic imine (C=N–C) groups is 1. The van der Waals surface area contributed by atoms with Gasteiger partial charge in [0.2, 0.25) is 0 Å². The predicted octanol–water partition coefficient (Wildman–Crippen LogP) is 1.73. The van der Waals surface area contributed by atoms with Crippen LogP contribution in [0.15, 0.2) is 29.3 Å². The van der Waals surface area contributed by atoms with Gasteiger partial charge in [0.05, 0.1) is 19.8 Å². The summed E-state index contributed by atoms with van der Waals surface area (Å²) in [7, 11) is 0. The molecule has 1 fully saturated rings. The number of halogens is 1. The SMILES string of the molecule is CCNC(=NCc1cccc(Cl)c1)NCCN1CCOCC1. The molecule has 2 N–H and O–H groups in total. The molecule has 0 bridgehead atoms. The number of hydrogen-bond acceptors (Lipinski definition) is 3. The summed E-state index contributed by atoms with van der Waals surface area (Å²) >= 11 is 6.00. The smallest absolute Gasteiger partial charge is 0.191 e. The summed E-state index contributed by atoms with van der Waals surface area (Å²) in [6, 6.07) is 7.81. The topological polar surface area (TPSA) is 48.9 Å². The van der Waals surface area contributed by atoms with Crippen LogP contribution >= 0.6 is 11.6 Å². The van der Waals surface area contributed by atoms with Crippen molar-refractivity contribution in [3.05, 3.63) is 34.9 Å². The van der Waals surface area contributed by atoms with Crippen LogP contribution in [0.5, 0.6) is 0 Å². The third kappa shape index (κ3) is 6.22. The third-order valence-corrected chi connectivity index (χ3v) is 3.71. The summed E-state index contributed by atoms with van der Waals surface area (Å²) in [5.74, 6) is 0.843. The number of morpholine rings is 1. The lowest BCUT2D eigenvalue weighted by molar-refractivity contribution is 0.0389. The molecule has 1 aromatic carbocycles. The van der Waals surface area contributed by atoms with Crippen LogP contribution in [0.2, 0.25) is 5.02 Å². The fraction of sp³-hybridized carbons (Fsp3) is 0.562. The number of guanidine groups is 1. The van der Waals surface area contributed by atoms with E-state index in [4.69, 9.17) is 16.3 Å². The highest BCUT2D eigenvalue weighted by Crippen LogP contribution is 2.11. The van der Waals surface area contributed by atoms with Crippen LogP contribution in [-0.2, 0) is 11.3 Å². The normalized spacial score (nSPS) is 16.5. The number of ether oxygens (including phenoxy) is 1. The molecule has 1 aliphatic heterocycles. The summed E-state index contributed by atoms with van der Waals surface area (Å²) < 4.78 is 5.35. The largest absolute Gasteiger partial charge is 0.379 e. The zero-order valence-corrected chi connectivity index (χ0v) is 13.9. The molecule has 0 saturated carbocycles. The molecule has 1 saturated heterocycles. The van der Waals surface area contributed by atoms with Crippen LogP contribution in [0, 0.1) is 0 Å². The second kappa shape index (κ2) is 9.66. The number of nitrogens with one attached hydrogen (secondary N) is 2. The van der Waals surface area contributed by atoms with Crippen molar-refractivity contribution < 1.29 is 4.74 Å². The van der Waals surface area contributed by atoms with Gasteiger partial charge in [-0.3, -0.25) is 4.90 Å². The van der Waals surface area contributed by atoms with Gasteiger partial charge in [-0.25, -0.2) is 4.99 Å². The van der Waals surface area contributed by atoms with Crippen molar-refractivity contribution in [3.8, 4) is 0 Å². The van der Waals surface area contributed by atoms with Gasteiger partial charge in [0.25, 0.3) is 0 Å². The fourth-order valence-electron chi connectivity index (χ4n) is 2.30. The Morgan fingerprint density at radius 2 is 2.14 bits per heavy atom. The van der Waals surface area contributed by atoms with Crippen molar-refractivity contribution >= 4 is 17.6 Å². The van der Waals surface area contributed by atoms with Crippen LogP contribution in [0.25, 0.3) is 0 Å². The highest BCUT2D eigenvalue weighted by molar-refractivity contribution is 6.30. The lowest BCUT2D eigenvalue weighted by Crippen LogP contribution is -2.44. The Morgan fingerprint density at radius 1 is 1.32 bits per heavy atom. The number of benzene rings is 1. The Morgan fingerprint density at radius 3 is 2.86 bits per heavy atom. The molecule has 0 aromatic heterocycles. The average Bonchev–Trinajstić information content (AvgIpc) is 2.54. The number of nitrogens with zero attached hydrogens (tertiary/aromatic N) is 2. The maximum Gasteiger partial charge on any atom is 0.191 e. The quantitative estimate of drug-likeness (QED) is 0.618. The van der Waals surface area contributed by atoms with Crippen molar-refractivity contribution in [2.75, 3.05) is 45.9 Å². The molecule has 1 aromatic rings. The molecule has 0 amide bonds.